The van der Waals surface area contributed by atoms with Gasteiger partial charge in [0.05, 0.1) is 5.60 Å². The van der Waals surface area contributed by atoms with Crippen molar-refractivity contribution in [1.29, 1.82) is 0 Å². The summed E-state index contributed by atoms with van der Waals surface area (Å²) in [6, 6.07) is 0. The van der Waals surface area contributed by atoms with E-state index in [9.17, 15) is 5.11 Å². The lowest BCUT2D eigenvalue weighted by Gasteiger charge is -2.57. The molecule has 4 fully saturated rings. The summed E-state index contributed by atoms with van der Waals surface area (Å²) in [5.41, 5.74) is -0.494. The van der Waals surface area contributed by atoms with Crippen LogP contribution in [-0.2, 0) is 0 Å². The van der Waals surface area contributed by atoms with Crippen LogP contribution in [0.15, 0.2) is 0 Å². The van der Waals surface area contributed by atoms with Crippen LogP contribution in [0.5, 0.6) is 0 Å². The zero-order valence-corrected chi connectivity index (χ0v) is 7.85. The average Bonchev–Trinajstić information content (AvgIpc) is 1.75. The van der Waals surface area contributed by atoms with Crippen LogP contribution in [0.4, 0.5) is 0 Å². The zero-order valence-electron chi connectivity index (χ0n) is 7.09. The van der Waals surface area contributed by atoms with Gasteiger partial charge in [0.2, 0.25) is 0 Å². The van der Waals surface area contributed by atoms with Crippen LogP contribution in [0, 0.1) is 18.3 Å². The molecule has 0 aromatic carbocycles. The molecule has 0 amide bonds. The molecule has 4 rings (SSSR count). The standard InChI is InChI=1S/C10H14ClO/c11-9-2-7-1-8(3-9)5-10(12,4-7)6-9/h4,7-8,12H,1-3,5-6H2/t7-,8+,9-,10-/m0/s1. The maximum Gasteiger partial charge on any atom is 0.0701 e. The Bertz CT molecular complexity index is 192. The van der Waals surface area contributed by atoms with Gasteiger partial charge in [-0.2, -0.15) is 0 Å². The Morgan fingerprint density at radius 3 is 2.75 bits per heavy atom. The monoisotopic (exact) mass is 185 g/mol. The van der Waals surface area contributed by atoms with Crippen LogP contribution < -0.4 is 0 Å². The molecule has 0 aliphatic heterocycles. The fourth-order valence-electron chi connectivity index (χ4n) is 3.78. The minimum absolute atomic E-state index is 0.0463. The van der Waals surface area contributed by atoms with Crippen LogP contribution in [0.1, 0.15) is 32.1 Å². The van der Waals surface area contributed by atoms with Gasteiger partial charge in [-0.15, -0.1) is 11.6 Å². The van der Waals surface area contributed by atoms with E-state index < -0.39 is 5.60 Å². The largest absolute Gasteiger partial charge is 0.390 e. The zero-order chi connectivity index (χ0) is 8.40. The second kappa shape index (κ2) is 2.01. The lowest BCUT2D eigenvalue weighted by atomic mass is 9.54. The Morgan fingerprint density at radius 1 is 1.33 bits per heavy atom. The van der Waals surface area contributed by atoms with Crippen molar-refractivity contribution in [3.8, 4) is 0 Å². The molecule has 0 spiro atoms. The summed E-state index contributed by atoms with van der Waals surface area (Å²) in [5, 5.41) is 10.1. The van der Waals surface area contributed by atoms with E-state index in [1.54, 1.807) is 0 Å². The van der Waals surface area contributed by atoms with Crippen LogP contribution >= 0.6 is 11.6 Å². The third kappa shape index (κ3) is 0.958. The fourth-order valence-corrected chi connectivity index (χ4v) is 4.43. The van der Waals surface area contributed by atoms with Crippen molar-refractivity contribution in [1.82, 2.24) is 0 Å². The summed E-state index contributed by atoms with van der Waals surface area (Å²) in [7, 11) is 0. The summed E-state index contributed by atoms with van der Waals surface area (Å²) in [6.07, 6.45) is 7.45. The van der Waals surface area contributed by atoms with Crippen molar-refractivity contribution < 1.29 is 5.11 Å². The highest BCUT2D eigenvalue weighted by atomic mass is 35.5. The molecule has 4 aliphatic carbocycles. The van der Waals surface area contributed by atoms with E-state index in [2.05, 4.69) is 6.42 Å². The van der Waals surface area contributed by atoms with Crippen molar-refractivity contribution in [2.45, 2.75) is 42.6 Å². The normalized spacial score (nSPS) is 62.5. The number of hydrogen-bond donors (Lipinski definition) is 1. The quantitative estimate of drug-likeness (QED) is 0.574. The summed E-state index contributed by atoms with van der Waals surface area (Å²) >= 11 is 6.44. The van der Waals surface area contributed by atoms with Gasteiger partial charge in [-0.3, -0.25) is 0 Å². The van der Waals surface area contributed by atoms with Crippen molar-refractivity contribution >= 4 is 11.6 Å². The van der Waals surface area contributed by atoms with Gasteiger partial charge in [-0.05, 0) is 50.4 Å². The maximum absolute atomic E-state index is 10.1. The summed E-state index contributed by atoms with van der Waals surface area (Å²) in [5.74, 6) is 1.30. The van der Waals surface area contributed by atoms with Gasteiger partial charge < -0.3 is 5.11 Å². The fraction of sp³-hybridized carbons (Fsp3) is 0.900. The maximum atomic E-state index is 10.1. The number of halogens is 1. The van der Waals surface area contributed by atoms with Gasteiger partial charge >= 0.3 is 0 Å². The first-order valence-electron chi connectivity index (χ1n) is 4.84. The molecule has 1 N–H and O–H groups in total. The first kappa shape index (κ1) is 7.64. The lowest BCUT2D eigenvalue weighted by molar-refractivity contribution is -0.0718. The van der Waals surface area contributed by atoms with E-state index in [0.717, 1.165) is 25.7 Å². The van der Waals surface area contributed by atoms with Gasteiger partial charge in [0.15, 0.2) is 0 Å². The van der Waals surface area contributed by atoms with Crippen molar-refractivity contribution in [2.24, 2.45) is 11.8 Å². The van der Waals surface area contributed by atoms with E-state index in [4.69, 9.17) is 11.6 Å². The Kier molecular flexibility index (Phi) is 1.28. The molecule has 67 valence electrons. The van der Waals surface area contributed by atoms with Crippen LogP contribution in [0.25, 0.3) is 0 Å². The number of alkyl halides is 1. The van der Waals surface area contributed by atoms with E-state index in [1.165, 1.54) is 6.42 Å². The first-order valence-corrected chi connectivity index (χ1v) is 5.22. The van der Waals surface area contributed by atoms with Gasteiger partial charge in [0, 0.05) is 4.87 Å². The molecule has 4 aliphatic rings. The Hall–Kier alpha value is 0.250. The summed E-state index contributed by atoms with van der Waals surface area (Å²) in [6.45, 7) is 0. The Balaban J connectivity index is 1.98. The Morgan fingerprint density at radius 2 is 2.17 bits per heavy atom. The molecule has 4 saturated carbocycles. The minimum Gasteiger partial charge on any atom is -0.390 e. The van der Waals surface area contributed by atoms with E-state index in [1.807, 2.05) is 0 Å². The predicted molar refractivity (Wildman–Crippen MR) is 47.9 cm³/mol. The van der Waals surface area contributed by atoms with E-state index in [-0.39, 0.29) is 4.87 Å². The van der Waals surface area contributed by atoms with Crippen molar-refractivity contribution in [2.75, 3.05) is 0 Å². The first-order chi connectivity index (χ1) is 5.57. The molecule has 12 heavy (non-hydrogen) atoms. The topological polar surface area (TPSA) is 20.2 Å². The Labute approximate surface area is 78.1 Å². The molecule has 1 radical (unpaired) electrons. The second-order valence-electron chi connectivity index (χ2n) is 5.07. The van der Waals surface area contributed by atoms with Gasteiger partial charge in [0.25, 0.3) is 0 Å². The van der Waals surface area contributed by atoms with Crippen LogP contribution in [-0.4, -0.2) is 15.6 Å². The molecular formula is C10H14ClO. The SMILES string of the molecule is O[C@@]12[CH][C@H]3C[C@@H](C1)C[C@@](Cl)(C3)C2. The highest BCUT2D eigenvalue weighted by Gasteiger charge is 2.56. The van der Waals surface area contributed by atoms with E-state index in [0.29, 0.717) is 11.8 Å². The number of rotatable bonds is 0. The number of aliphatic hydroxyl groups is 1. The van der Waals surface area contributed by atoms with Crippen LogP contribution in [0.2, 0.25) is 0 Å². The third-order valence-corrected chi connectivity index (χ3v) is 4.17. The highest BCUT2D eigenvalue weighted by molar-refractivity contribution is 6.24. The highest BCUT2D eigenvalue weighted by Crippen LogP contribution is 2.59. The minimum atomic E-state index is -0.494. The second-order valence-corrected chi connectivity index (χ2v) is 5.87. The van der Waals surface area contributed by atoms with Gasteiger partial charge in [0.1, 0.15) is 0 Å². The summed E-state index contributed by atoms with van der Waals surface area (Å²) < 4.78 is 0. The molecule has 0 aromatic rings. The molecule has 4 bridgehead atoms. The average molecular weight is 186 g/mol. The van der Waals surface area contributed by atoms with Crippen molar-refractivity contribution in [3.63, 3.8) is 0 Å². The van der Waals surface area contributed by atoms with Crippen molar-refractivity contribution in [3.05, 3.63) is 6.42 Å². The molecule has 0 heterocycles. The molecule has 0 aromatic heterocycles. The molecule has 0 unspecified atom stereocenters. The number of hydrogen-bond acceptors (Lipinski definition) is 1. The molecule has 4 atom stereocenters. The van der Waals surface area contributed by atoms with Gasteiger partial charge in [-0.25, -0.2) is 0 Å². The molecule has 0 saturated heterocycles. The summed E-state index contributed by atoms with van der Waals surface area (Å²) in [4.78, 5) is -0.0463. The van der Waals surface area contributed by atoms with Crippen LogP contribution in [0.3, 0.4) is 0 Å². The molecular weight excluding hydrogens is 172 g/mol. The predicted octanol–water partition coefficient (Wildman–Crippen LogP) is 2.12. The molecule has 1 nitrogen and oxygen atoms in total. The lowest BCUT2D eigenvalue weighted by Crippen LogP contribution is -2.57. The third-order valence-electron chi connectivity index (χ3n) is 3.73. The molecule has 2 heteroatoms. The van der Waals surface area contributed by atoms with E-state index >= 15 is 0 Å². The van der Waals surface area contributed by atoms with Gasteiger partial charge in [-0.1, -0.05) is 0 Å². The smallest absolute Gasteiger partial charge is 0.0701 e.